The average molecular weight is 912 g/mol. The summed E-state index contributed by atoms with van der Waals surface area (Å²) in [6.45, 7) is 9.81. The molecular weight excluding hydrogens is 856 g/mol. The minimum atomic E-state index is -4.44. The molecule has 16 heteroatoms. The lowest BCUT2D eigenvalue weighted by Gasteiger charge is -2.36. The molecule has 1 atom stereocenters. The molecule has 1 amide bonds. The second-order valence-corrected chi connectivity index (χ2v) is 19.5. The van der Waals surface area contributed by atoms with Crippen molar-refractivity contribution in [1.29, 1.82) is 0 Å². The van der Waals surface area contributed by atoms with Crippen LogP contribution in [0.2, 0.25) is 5.02 Å². The van der Waals surface area contributed by atoms with Crippen LogP contribution in [0.5, 0.6) is 0 Å². The number of halogens is 1. The first-order chi connectivity index (χ1) is 30.4. The third kappa shape index (κ3) is 12.8. The molecule has 2 aliphatic heterocycles. The van der Waals surface area contributed by atoms with E-state index in [1.165, 1.54) is 28.8 Å². The van der Waals surface area contributed by atoms with Gasteiger partial charge < -0.3 is 20.4 Å². The summed E-state index contributed by atoms with van der Waals surface area (Å²) in [7, 11) is -0.518. The predicted octanol–water partition coefficient (Wildman–Crippen LogP) is 7.29. The number of hydrogen-bond acceptors (Lipinski definition) is 12. The first-order valence-electron chi connectivity index (χ1n) is 21.2. The lowest BCUT2D eigenvalue weighted by atomic mass is 9.96. The molecule has 0 saturated carbocycles. The van der Waals surface area contributed by atoms with Gasteiger partial charge in [-0.05, 0) is 110 Å². The predicted molar refractivity (Wildman–Crippen MR) is 254 cm³/mol. The normalized spacial score (nSPS) is 15.6. The highest BCUT2D eigenvalue weighted by atomic mass is 35.5. The molecule has 2 aliphatic rings. The van der Waals surface area contributed by atoms with Crippen LogP contribution in [0.15, 0.2) is 125 Å². The highest BCUT2D eigenvalue weighted by Gasteiger charge is 2.26. The fraction of sp³-hybridized carbons (Fsp3) is 0.340. The minimum absolute atomic E-state index is 0.144. The van der Waals surface area contributed by atoms with Crippen LogP contribution >= 0.6 is 23.4 Å². The van der Waals surface area contributed by atoms with Gasteiger partial charge in [0.15, 0.2) is 0 Å². The monoisotopic (exact) mass is 910 g/mol. The molecule has 13 nitrogen and oxygen atoms in total. The maximum atomic E-state index is 13.5. The summed E-state index contributed by atoms with van der Waals surface area (Å²) in [5.74, 6) is -0.187. The second kappa shape index (κ2) is 21.6. The van der Waals surface area contributed by atoms with Gasteiger partial charge in [-0.2, -0.15) is 0 Å². The molecule has 7 rings (SSSR count). The smallest absolute Gasteiger partial charge is 0.293 e. The molecule has 332 valence electrons. The van der Waals surface area contributed by atoms with Crippen molar-refractivity contribution in [3.63, 3.8) is 0 Å². The number of thioether (sulfide) groups is 1. The van der Waals surface area contributed by atoms with E-state index in [1.807, 2.05) is 73.6 Å². The molecule has 0 unspecified atom stereocenters. The van der Waals surface area contributed by atoms with Crippen molar-refractivity contribution in [2.75, 3.05) is 89.0 Å². The molecule has 5 aromatic carbocycles. The molecule has 63 heavy (non-hydrogen) atoms. The van der Waals surface area contributed by atoms with Crippen LogP contribution in [0.25, 0.3) is 11.1 Å². The molecule has 0 radical (unpaired) electrons. The van der Waals surface area contributed by atoms with Gasteiger partial charge in [0.25, 0.3) is 21.6 Å². The topological polar surface area (TPSA) is 143 Å². The Morgan fingerprint density at radius 3 is 2.24 bits per heavy atom. The van der Waals surface area contributed by atoms with Crippen molar-refractivity contribution in [1.82, 2.24) is 24.7 Å². The van der Waals surface area contributed by atoms with Gasteiger partial charge in [0.1, 0.15) is 5.69 Å². The van der Waals surface area contributed by atoms with E-state index < -0.39 is 26.5 Å². The molecule has 0 spiro atoms. The largest absolute Gasteiger partial charge is 0.376 e. The van der Waals surface area contributed by atoms with E-state index in [-0.39, 0.29) is 22.2 Å². The standard InChI is InChI=1S/C47H55ClN8O5S2/c1-52(2)23-20-40(34-62-42-6-4-3-5-7-42)50-45-19-17-43(31-46(45)56(58)59)63(60,61)51-47(57)37-11-15-41(16-12-37)55-28-26-54(27-29-55)33-38-30-35(32-53-24-21-49-22-25-53)8-18-44(38)36-9-13-39(48)14-10-36/h3-19,30-31,40,49-50H,20-29,32-34H2,1-2H3,(H,51,57)/t40-/m1/s1. The maximum absolute atomic E-state index is 13.5. The SMILES string of the molecule is CN(C)CC[C@H](CSc1ccccc1)Nc1ccc(S(=O)(=O)NC(=O)c2ccc(N3CCN(Cc4cc(CN5CCNCC5)ccc4-c4ccc(Cl)cc4)CC3)cc2)cc1[N+](=O)[O-]. The third-order valence-electron chi connectivity index (χ3n) is 11.4. The van der Waals surface area contributed by atoms with E-state index in [1.54, 1.807) is 23.9 Å². The van der Waals surface area contributed by atoms with Gasteiger partial charge in [-0.1, -0.05) is 60.1 Å². The first kappa shape index (κ1) is 46.0. The van der Waals surface area contributed by atoms with Crippen LogP contribution < -0.4 is 20.3 Å². The lowest BCUT2D eigenvalue weighted by Crippen LogP contribution is -2.46. The Morgan fingerprint density at radius 1 is 0.857 bits per heavy atom. The van der Waals surface area contributed by atoms with Gasteiger partial charge in [0, 0.05) is 104 Å². The lowest BCUT2D eigenvalue weighted by molar-refractivity contribution is -0.384. The van der Waals surface area contributed by atoms with E-state index in [0.717, 1.165) is 94.2 Å². The molecule has 2 fully saturated rings. The van der Waals surface area contributed by atoms with E-state index in [4.69, 9.17) is 11.6 Å². The van der Waals surface area contributed by atoms with Crippen LogP contribution in [0, 0.1) is 10.1 Å². The zero-order valence-corrected chi connectivity index (χ0v) is 38.1. The Bertz CT molecular complexity index is 2430. The summed E-state index contributed by atoms with van der Waals surface area (Å²) < 4.78 is 29.0. The minimum Gasteiger partial charge on any atom is -0.376 e. The Kier molecular flexibility index (Phi) is 15.8. The highest BCUT2D eigenvalue weighted by molar-refractivity contribution is 7.99. The van der Waals surface area contributed by atoms with Crippen molar-refractivity contribution in [3.8, 4) is 11.1 Å². The van der Waals surface area contributed by atoms with E-state index in [2.05, 4.69) is 60.4 Å². The molecule has 3 N–H and O–H groups in total. The first-order valence-corrected chi connectivity index (χ1v) is 24.1. The number of piperazine rings is 2. The Hall–Kier alpha value is -5.00. The quantitative estimate of drug-likeness (QED) is 0.0462. The summed E-state index contributed by atoms with van der Waals surface area (Å²) in [5, 5.41) is 19.7. The van der Waals surface area contributed by atoms with Crippen LogP contribution in [0.3, 0.4) is 0 Å². The van der Waals surface area contributed by atoms with Gasteiger partial charge in [0.05, 0.1) is 9.82 Å². The molecule has 5 aromatic rings. The third-order valence-corrected chi connectivity index (χ3v) is 14.1. The van der Waals surface area contributed by atoms with Crippen LogP contribution in [-0.2, 0) is 23.1 Å². The van der Waals surface area contributed by atoms with Gasteiger partial charge in [-0.15, -0.1) is 11.8 Å². The number of anilines is 2. The van der Waals surface area contributed by atoms with E-state index in [0.29, 0.717) is 17.2 Å². The molecule has 2 saturated heterocycles. The van der Waals surface area contributed by atoms with Gasteiger partial charge in [-0.25, -0.2) is 13.1 Å². The molecule has 2 heterocycles. The number of carbonyl (C=O) groups excluding carboxylic acids is 1. The van der Waals surface area contributed by atoms with Crippen LogP contribution in [-0.4, -0.2) is 119 Å². The fourth-order valence-corrected chi connectivity index (χ4v) is 9.99. The Labute approximate surface area is 380 Å². The number of nitro groups is 1. The summed E-state index contributed by atoms with van der Waals surface area (Å²) in [6.07, 6.45) is 0.703. The molecule has 0 aliphatic carbocycles. The highest BCUT2D eigenvalue weighted by Crippen LogP contribution is 2.31. The number of nitrogens with zero attached hydrogens (tertiary/aromatic N) is 5. The number of amides is 1. The van der Waals surface area contributed by atoms with Gasteiger partial charge in [-0.3, -0.25) is 24.7 Å². The number of rotatable bonds is 18. The maximum Gasteiger partial charge on any atom is 0.293 e. The average Bonchev–Trinajstić information content (AvgIpc) is 3.28. The van der Waals surface area contributed by atoms with Crippen molar-refractivity contribution in [2.45, 2.75) is 35.3 Å². The van der Waals surface area contributed by atoms with E-state index >= 15 is 0 Å². The van der Waals surface area contributed by atoms with Crippen LogP contribution in [0.4, 0.5) is 17.1 Å². The summed E-state index contributed by atoms with van der Waals surface area (Å²) in [6, 6.07) is 35.1. The van der Waals surface area contributed by atoms with Crippen molar-refractivity contribution in [2.24, 2.45) is 0 Å². The molecular formula is C47H55ClN8O5S2. The summed E-state index contributed by atoms with van der Waals surface area (Å²) in [4.78, 5) is 34.9. The van der Waals surface area contributed by atoms with Crippen molar-refractivity contribution >= 4 is 56.4 Å². The number of sulfonamides is 1. The number of carbonyl (C=O) groups is 1. The van der Waals surface area contributed by atoms with Crippen LogP contribution in [0.1, 0.15) is 27.9 Å². The molecule has 0 aromatic heterocycles. The second-order valence-electron chi connectivity index (χ2n) is 16.3. The zero-order chi connectivity index (χ0) is 44.3. The van der Waals surface area contributed by atoms with Crippen molar-refractivity contribution < 1.29 is 18.1 Å². The Morgan fingerprint density at radius 2 is 1.56 bits per heavy atom. The Balaban J connectivity index is 0.964. The van der Waals surface area contributed by atoms with E-state index in [9.17, 15) is 23.3 Å². The van der Waals surface area contributed by atoms with Crippen molar-refractivity contribution in [3.05, 3.63) is 147 Å². The van der Waals surface area contributed by atoms with Gasteiger partial charge in [0.2, 0.25) is 0 Å². The number of nitro benzene ring substituents is 1. The summed E-state index contributed by atoms with van der Waals surface area (Å²) >= 11 is 7.87. The zero-order valence-electron chi connectivity index (χ0n) is 35.7. The molecule has 0 bridgehead atoms. The number of hydrogen-bond donors (Lipinski definition) is 3. The van der Waals surface area contributed by atoms with Gasteiger partial charge >= 0.3 is 0 Å². The fourth-order valence-electron chi connectivity index (χ4n) is 7.88. The summed E-state index contributed by atoms with van der Waals surface area (Å²) in [5.41, 5.74) is 5.83. The number of benzene rings is 5. The number of nitrogens with one attached hydrogen (secondary N) is 3.